The van der Waals surface area contributed by atoms with Gasteiger partial charge in [0.1, 0.15) is 5.57 Å². The van der Waals surface area contributed by atoms with Gasteiger partial charge in [-0.1, -0.05) is 52.9 Å². The van der Waals surface area contributed by atoms with Crippen LogP contribution in [-0.2, 0) is 14.4 Å². The first-order valence-corrected chi connectivity index (χ1v) is 13.4. The van der Waals surface area contributed by atoms with Crippen molar-refractivity contribution >= 4 is 51.4 Å². The molecule has 0 spiro atoms. The van der Waals surface area contributed by atoms with E-state index in [-0.39, 0.29) is 24.1 Å². The van der Waals surface area contributed by atoms with Crippen molar-refractivity contribution in [2.45, 2.75) is 52.0 Å². The highest BCUT2D eigenvalue weighted by Gasteiger charge is 2.40. The molecule has 0 unspecified atom stereocenters. The lowest BCUT2D eigenvalue weighted by atomic mass is 9.93. The molecule has 38 heavy (non-hydrogen) atoms. The molecule has 200 valence electrons. The molecule has 0 bridgehead atoms. The Balaban J connectivity index is 1.54. The molecule has 1 aliphatic carbocycles. The van der Waals surface area contributed by atoms with E-state index in [0.717, 1.165) is 37.7 Å². The van der Waals surface area contributed by atoms with E-state index in [4.69, 9.17) is 9.47 Å². The highest BCUT2D eigenvalue weighted by Crippen LogP contribution is 2.36. The first kappa shape index (κ1) is 27.4. The van der Waals surface area contributed by atoms with Gasteiger partial charge in [-0.05, 0) is 62.6 Å². The number of imide groups is 2. The largest absolute Gasteiger partial charge is 0.490 e. The molecule has 2 aromatic carbocycles. The number of urea groups is 1. The van der Waals surface area contributed by atoms with Crippen LogP contribution >= 0.6 is 15.9 Å². The van der Waals surface area contributed by atoms with Crippen molar-refractivity contribution in [3.63, 3.8) is 0 Å². The van der Waals surface area contributed by atoms with Crippen LogP contribution in [0.4, 0.5) is 10.5 Å². The Bertz CT molecular complexity index is 1270. The van der Waals surface area contributed by atoms with E-state index < -0.39 is 17.8 Å². The molecule has 4 rings (SSSR count). The van der Waals surface area contributed by atoms with Gasteiger partial charge in [-0.15, -0.1) is 0 Å². The lowest BCUT2D eigenvalue weighted by Crippen LogP contribution is -2.58. The van der Waals surface area contributed by atoms with Gasteiger partial charge in [0.05, 0.1) is 6.61 Å². The summed E-state index contributed by atoms with van der Waals surface area (Å²) in [6.07, 6.45) is 5.81. The molecule has 1 saturated heterocycles. The van der Waals surface area contributed by atoms with Gasteiger partial charge in [0.25, 0.3) is 17.7 Å². The van der Waals surface area contributed by atoms with E-state index in [2.05, 4.69) is 26.6 Å². The summed E-state index contributed by atoms with van der Waals surface area (Å²) in [4.78, 5) is 51.9. The van der Waals surface area contributed by atoms with Gasteiger partial charge in [-0.25, -0.2) is 4.79 Å². The molecule has 0 aromatic heterocycles. The van der Waals surface area contributed by atoms with Crippen LogP contribution in [0, 0.1) is 6.92 Å². The number of anilines is 1. The smallest absolute Gasteiger partial charge is 0.331 e. The van der Waals surface area contributed by atoms with Gasteiger partial charge in [-0.3, -0.25) is 24.6 Å². The third-order valence-electron chi connectivity index (χ3n) is 6.43. The lowest BCUT2D eigenvalue weighted by molar-refractivity contribution is -0.132. The first-order chi connectivity index (χ1) is 18.3. The van der Waals surface area contributed by atoms with Crippen LogP contribution in [0.25, 0.3) is 6.08 Å². The fourth-order valence-electron chi connectivity index (χ4n) is 4.52. The monoisotopic (exact) mass is 583 g/mol. The number of ether oxygens (including phenoxy) is 2. The van der Waals surface area contributed by atoms with Gasteiger partial charge in [-0.2, -0.15) is 0 Å². The molecule has 2 aromatic rings. The molecule has 2 N–H and O–H groups in total. The van der Waals surface area contributed by atoms with Crippen LogP contribution < -0.4 is 20.1 Å². The average molecular weight is 584 g/mol. The molecule has 1 saturated carbocycles. The topological polar surface area (TPSA) is 114 Å². The zero-order valence-electron chi connectivity index (χ0n) is 21.3. The Morgan fingerprint density at radius 3 is 2.45 bits per heavy atom. The average Bonchev–Trinajstić information content (AvgIpc) is 2.89. The van der Waals surface area contributed by atoms with Crippen LogP contribution in [0.1, 0.15) is 50.2 Å². The molecular formula is C28H30BrN3O6. The molecule has 5 amide bonds. The number of hydrogen-bond donors (Lipinski definition) is 2. The molecule has 0 atom stereocenters. The number of benzene rings is 2. The highest BCUT2D eigenvalue weighted by molar-refractivity contribution is 9.10. The van der Waals surface area contributed by atoms with Crippen LogP contribution in [0.3, 0.4) is 0 Å². The van der Waals surface area contributed by atoms with Crippen molar-refractivity contribution in [3.8, 4) is 11.5 Å². The van der Waals surface area contributed by atoms with Gasteiger partial charge < -0.3 is 14.8 Å². The van der Waals surface area contributed by atoms with Crippen molar-refractivity contribution in [2.75, 3.05) is 18.5 Å². The Morgan fingerprint density at radius 2 is 1.76 bits per heavy atom. The van der Waals surface area contributed by atoms with Crippen LogP contribution in [0.2, 0.25) is 0 Å². The van der Waals surface area contributed by atoms with Crippen molar-refractivity contribution in [2.24, 2.45) is 0 Å². The second kappa shape index (κ2) is 12.3. The van der Waals surface area contributed by atoms with E-state index in [9.17, 15) is 19.2 Å². The second-order valence-electron chi connectivity index (χ2n) is 9.24. The summed E-state index contributed by atoms with van der Waals surface area (Å²) in [7, 11) is 0. The standard InChI is InChI=1S/C28H30BrN3O6/c1-3-37-23-14-18(13-21-26(34)31-28(36)32(27(21)35)20-7-5-4-6-8-20)22(29)15-24(23)38-16-25(33)30-19-11-9-17(2)10-12-19/h9-15,20H,3-8,16H2,1-2H3,(H,30,33)(H,31,34,36). The summed E-state index contributed by atoms with van der Waals surface area (Å²) in [6.45, 7) is 3.84. The number of aryl methyl sites for hydroxylation is 1. The second-order valence-corrected chi connectivity index (χ2v) is 10.1. The highest BCUT2D eigenvalue weighted by atomic mass is 79.9. The van der Waals surface area contributed by atoms with E-state index in [1.54, 1.807) is 19.1 Å². The third kappa shape index (κ3) is 6.42. The van der Waals surface area contributed by atoms with Crippen LogP contribution in [0.5, 0.6) is 11.5 Å². The number of nitrogens with one attached hydrogen (secondary N) is 2. The van der Waals surface area contributed by atoms with Crippen molar-refractivity contribution in [1.29, 1.82) is 0 Å². The number of carbonyl (C=O) groups is 4. The normalized spacial score (nSPS) is 17.4. The Hall–Kier alpha value is -3.66. The maximum atomic E-state index is 13.2. The molecular weight excluding hydrogens is 554 g/mol. The molecule has 10 heteroatoms. The Morgan fingerprint density at radius 1 is 1.08 bits per heavy atom. The quantitative estimate of drug-likeness (QED) is 0.335. The summed E-state index contributed by atoms with van der Waals surface area (Å²) in [5.74, 6) is -1.03. The van der Waals surface area contributed by atoms with Gasteiger partial charge in [0, 0.05) is 16.2 Å². The number of carbonyl (C=O) groups excluding carboxylic acids is 4. The van der Waals surface area contributed by atoms with E-state index in [1.807, 2.05) is 31.2 Å². The minimum atomic E-state index is -0.745. The molecule has 1 aliphatic heterocycles. The predicted octanol–water partition coefficient (Wildman–Crippen LogP) is 4.97. The number of barbiturate groups is 1. The van der Waals surface area contributed by atoms with E-state index in [0.29, 0.717) is 33.8 Å². The number of amides is 5. The summed E-state index contributed by atoms with van der Waals surface area (Å²) < 4.78 is 12.0. The molecule has 1 heterocycles. The van der Waals surface area contributed by atoms with E-state index in [1.165, 1.54) is 11.0 Å². The summed E-state index contributed by atoms with van der Waals surface area (Å²) in [5.41, 5.74) is 2.10. The van der Waals surface area contributed by atoms with Crippen LogP contribution in [-0.4, -0.2) is 47.9 Å². The minimum Gasteiger partial charge on any atom is -0.490 e. The van der Waals surface area contributed by atoms with E-state index >= 15 is 0 Å². The maximum Gasteiger partial charge on any atom is 0.331 e. The van der Waals surface area contributed by atoms with Crippen molar-refractivity contribution < 1.29 is 28.7 Å². The number of nitrogens with zero attached hydrogens (tertiary/aromatic N) is 1. The van der Waals surface area contributed by atoms with Gasteiger partial charge >= 0.3 is 6.03 Å². The fraction of sp³-hybridized carbons (Fsp3) is 0.357. The number of rotatable bonds is 8. The Labute approximate surface area is 229 Å². The number of halogens is 1. The molecule has 2 fully saturated rings. The molecule has 9 nitrogen and oxygen atoms in total. The Kier molecular flexibility index (Phi) is 8.83. The zero-order chi connectivity index (χ0) is 27.2. The van der Waals surface area contributed by atoms with Crippen LogP contribution in [0.15, 0.2) is 46.4 Å². The zero-order valence-corrected chi connectivity index (χ0v) is 22.9. The summed E-state index contributed by atoms with van der Waals surface area (Å²) in [6, 6.07) is 9.75. The van der Waals surface area contributed by atoms with Crippen molar-refractivity contribution in [3.05, 3.63) is 57.6 Å². The SMILES string of the molecule is CCOc1cc(C=C2C(=O)NC(=O)N(C3CCCCC3)C2=O)c(Br)cc1OCC(=O)Nc1ccc(C)cc1. The number of hydrogen-bond acceptors (Lipinski definition) is 6. The van der Waals surface area contributed by atoms with Gasteiger partial charge in [0.15, 0.2) is 18.1 Å². The summed E-state index contributed by atoms with van der Waals surface area (Å²) in [5, 5.41) is 5.07. The third-order valence-corrected chi connectivity index (χ3v) is 7.12. The predicted molar refractivity (Wildman–Crippen MR) is 146 cm³/mol. The summed E-state index contributed by atoms with van der Waals surface area (Å²) >= 11 is 3.47. The maximum absolute atomic E-state index is 13.2. The minimum absolute atomic E-state index is 0.135. The van der Waals surface area contributed by atoms with Gasteiger partial charge in [0.2, 0.25) is 0 Å². The first-order valence-electron chi connectivity index (χ1n) is 12.6. The fourth-order valence-corrected chi connectivity index (χ4v) is 4.95. The van der Waals surface area contributed by atoms with Crippen molar-refractivity contribution in [1.82, 2.24) is 10.2 Å². The lowest BCUT2D eigenvalue weighted by Gasteiger charge is -2.35. The molecule has 2 aliphatic rings. The molecule has 0 radical (unpaired) electrons.